The number of benzene rings is 2. The molecule has 0 N–H and O–H groups in total. The normalized spacial score (nSPS) is 30.2. The molecule has 2 aliphatic carbocycles. The number of likely N-dealkylation sites (N-methyl/N-ethyl adjacent to an activating group) is 1. The van der Waals surface area contributed by atoms with Crippen LogP contribution >= 0.6 is 0 Å². The highest BCUT2D eigenvalue weighted by atomic mass is 16.6. The van der Waals surface area contributed by atoms with Gasteiger partial charge in [-0.15, -0.1) is 0 Å². The molecule has 1 spiro atoms. The highest BCUT2D eigenvalue weighted by Crippen LogP contribution is 2.62. The molecule has 5 atom stereocenters. The Bertz CT molecular complexity index is 1370. The van der Waals surface area contributed by atoms with E-state index in [4.69, 9.17) is 14.2 Å². The number of hydrogen-bond donors (Lipinski definition) is 0. The van der Waals surface area contributed by atoms with Crippen molar-refractivity contribution >= 4 is 17.8 Å². The molecule has 0 radical (unpaired) electrons. The first-order valence-electron chi connectivity index (χ1n) is 13.4. The predicted molar refractivity (Wildman–Crippen MR) is 137 cm³/mol. The van der Waals surface area contributed by atoms with Gasteiger partial charge in [-0.25, -0.2) is 0 Å². The summed E-state index contributed by atoms with van der Waals surface area (Å²) in [4.78, 5) is 41.0. The minimum atomic E-state index is -0.370. The third kappa shape index (κ3) is 3.20. The molecule has 1 fully saturated rings. The lowest BCUT2D eigenvalue weighted by Gasteiger charge is -2.56. The van der Waals surface area contributed by atoms with E-state index in [-0.39, 0.29) is 41.3 Å². The van der Waals surface area contributed by atoms with Crippen LogP contribution in [0.4, 0.5) is 0 Å². The number of ether oxygens (including phenoxy) is 3. The highest BCUT2D eigenvalue weighted by Gasteiger charge is 2.64. The molecule has 3 heterocycles. The van der Waals surface area contributed by atoms with Gasteiger partial charge in [-0.2, -0.15) is 0 Å². The predicted octanol–water partition coefficient (Wildman–Crippen LogP) is 3.13. The van der Waals surface area contributed by atoms with Crippen molar-refractivity contribution in [1.29, 1.82) is 0 Å². The van der Waals surface area contributed by atoms with E-state index in [0.717, 1.165) is 19.4 Å². The lowest BCUT2D eigenvalue weighted by atomic mass is 9.53. The van der Waals surface area contributed by atoms with Crippen LogP contribution in [0.2, 0.25) is 0 Å². The fourth-order valence-corrected chi connectivity index (χ4v) is 7.47. The second-order valence-electron chi connectivity index (χ2n) is 11.0. The number of piperidine rings is 1. The van der Waals surface area contributed by atoms with E-state index in [9.17, 15) is 14.4 Å². The Labute approximate surface area is 221 Å². The summed E-state index contributed by atoms with van der Waals surface area (Å²) in [5.41, 5.74) is 3.12. The number of carbonyl (C=O) groups is 3. The Hall–Kier alpha value is -3.49. The molecule has 8 nitrogen and oxygen atoms in total. The van der Waals surface area contributed by atoms with Crippen LogP contribution in [0, 0.1) is 5.92 Å². The van der Waals surface area contributed by atoms with Gasteiger partial charge in [0.1, 0.15) is 12.2 Å². The maximum atomic E-state index is 12.7. The van der Waals surface area contributed by atoms with Crippen molar-refractivity contribution in [2.45, 2.75) is 49.9 Å². The number of amides is 2. The fourth-order valence-electron chi connectivity index (χ4n) is 7.47. The van der Waals surface area contributed by atoms with E-state index in [2.05, 4.69) is 30.2 Å². The average molecular weight is 515 g/mol. The topological polar surface area (TPSA) is 85.4 Å². The molecule has 0 saturated carbocycles. The van der Waals surface area contributed by atoms with Crippen LogP contribution < -0.4 is 9.47 Å². The summed E-state index contributed by atoms with van der Waals surface area (Å²) >= 11 is 0. The summed E-state index contributed by atoms with van der Waals surface area (Å²) in [5.74, 6) is 0.573. The van der Waals surface area contributed by atoms with Crippen LogP contribution in [0.5, 0.6) is 11.5 Å². The SMILES string of the molecule is CC(=O)Oc1ccc2c3c1OC1C(OCCCN4C(=O)c5ccccc5C4=O)C=C[C@H]4[C@@H](C2)N(C)CC[C@]314. The number of carbonyl (C=O) groups excluding carboxylic acids is 3. The lowest BCUT2D eigenvalue weighted by Crippen LogP contribution is -2.65. The van der Waals surface area contributed by atoms with Crippen LogP contribution in [0.3, 0.4) is 0 Å². The average Bonchev–Trinajstić information content (AvgIpc) is 3.38. The monoisotopic (exact) mass is 514 g/mol. The smallest absolute Gasteiger partial charge is 0.308 e. The number of esters is 1. The van der Waals surface area contributed by atoms with Crippen LogP contribution in [0.15, 0.2) is 48.6 Å². The van der Waals surface area contributed by atoms with Gasteiger partial charge in [0.15, 0.2) is 11.5 Å². The summed E-state index contributed by atoms with van der Waals surface area (Å²) in [5, 5.41) is 0. The van der Waals surface area contributed by atoms with Gasteiger partial charge in [0.05, 0.1) is 11.1 Å². The highest BCUT2D eigenvalue weighted by molar-refractivity contribution is 6.21. The van der Waals surface area contributed by atoms with Gasteiger partial charge < -0.3 is 19.1 Å². The first-order valence-corrected chi connectivity index (χ1v) is 13.4. The van der Waals surface area contributed by atoms with E-state index >= 15 is 0 Å². The number of likely N-dealkylation sites (tertiary alicyclic amines) is 1. The van der Waals surface area contributed by atoms with Gasteiger partial charge in [-0.05, 0) is 56.6 Å². The molecule has 2 aromatic rings. The lowest BCUT2D eigenvalue weighted by molar-refractivity contribution is -0.132. The molecule has 0 aromatic heterocycles. The minimum Gasteiger partial charge on any atom is -0.482 e. The molecular weight excluding hydrogens is 484 g/mol. The van der Waals surface area contributed by atoms with Crippen molar-refractivity contribution in [3.05, 3.63) is 70.8 Å². The van der Waals surface area contributed by atoms with Crippen molar-refractivity contribution < 1.29 is 28.6 Å². The van der Waals surface area contributed by atoms with Crippen LogP contribution in [-0.4, -0.2) is 72.6 Å². The number of imide groups is 1. The molecule has 38 heavy (non-hydrogen) atoms. The van der Waals surface area contributed by atoms with E-state index in [1.54, 1.807) is 24.3 Å². The summed E-state index contributed by atoms with van der Waals surface area (Å²) in [6, 6.07) is 11.3. The van der Waals surface area contributed by atoms with Gasteiger partial charge in [-0.1, -0.05) is 30.4 Å². The van der Waals surface area contributed by atoms with Gasteiger partial charge in [0.25, 0.3) is 11.8 Å². The Balaban J connectivity index is 1.12. The summed E-state index contributed by atoms with van der Waals surface area (Å²) in [6.07, 6.45) is 6.27. The van der Waals surface area contributed by atoms with E-state index < -0.39 is 0 Å². The Kier molecular flexibility index (Phi) is 5.29. The maximum absolute atomic E-state index is 12.7. The number of rotatable bonds is 6. The molecule has 7 rings (SSSR count). The van der Waals surface area contributed by atoms with Crippen molar-refractivity contribution in [3.63, 3.8) is 0 Å². The number of fused-ring (bicyclic) bond motifs is 1. The van der Waals surface area contributed by atoms with Gasteiger partial charge in [0, 0.05) is 43.0 Å². The summed E-state index contributed by atoms with van der Waals surface area (Å²) in [7, 11) is 2.19. The molecule has 8 heteroatoms. The summed E-state index contributed by atoms with van der Waals surface area (Å²) in [6.45, 7) is 3.04. The van der Waals surface area contributed by atoms with Crippen LogP contribution in [0.1, 0.15) is 51.6 Å². The second kappa shape index (κ2) is 8.51. The van der Waals surface area contributed by atoms with Gasteiger partial charge in [0.2, 0.25) is 0 Å². The third-order valence-electron chi connectivity index (χ3n) is 9.08. The largest absolute Gasteiger partial charge is 0.482 e. The zero-order chi connectivity index (χ0) is 26.2. The summed E-state index contributed by atoms with van der Waals surface area (Å²) < 4.78 is 18.6. The molecule has 2 bridgehead atoms. The minimum absolute atomic E-state index is 0.237. The van der Waals surface area contributed by atoms with E-state index in [1.807, 2.05) is 6.07 Å². The maximum Gasteiger partial charge on any atom is 0.308 e. The molecule has 196 valence electrons. The second-order valence-corrected chi connectivity index (χ2v) is 11.0. The quantitative estimate of drug-likeness (QED) is 0.193. The standard InChI is InChI=1S/C30H30N2O6/c1-17(33)37-23-10-8-18-16-22-21-9-11-24(27-30(21,12-14-31(22)2)25(18)26(23)38-27)36-15-5-13-32-28(34)19-6-3-4-7-20(19)29(32)35/h3-4,6-11,21-22,24,27H,5,12-16H2,1-2H3/t21-,22+,24?,27?,30-/m0/s1. The van der Waals surface area contributed by atoms with Crippen molar-refractivity contribution in [2.24, 2.45) is 5.92 Å². The van der Waals surface area contributed by atoms with Gasteiger partial charge >= 0.3 is 5.97 Å². The molecule has 3 aliphatic heterocycles. The number of nitrogens with zero attached hydrogens (tertiary/aromatic N) is 2. The third-order valence-corrected chi connectivity index (χ3v) is 9.08. The van der Waals surface area contributed by atoms with Crippen molar-refractivity contribution in [3.8, 4) is 11.5 Å². The first kappa shape index (κ1) is 23.6. The van der Waals surface area contributed by atoms with E-state index in [0.29, 0.717) is 48.2 Å². The molecular formula is C30H30N2O6. The van der Waals surface area contributed by atoms with Crippen LogP contribution in [-0.2, 0) is 21.4 Å². The first-order chi connectivity index (χ1) is 18.4. The molecule has 2 unspecified atom stereocenters. The van der Waals surface area contributed by atoms with E-state index in [1.165, 1.54) is 23.0 Å². The van der Waals surface area contributed by atoms with Crippen molar-refractivity contribution in [2.75, 3.05) is 26.7 Å². The molecule has 5 aliphatic rings. The fraction of sp³-hybridized carbons (Fsp3) is 0.433. The Morgan fingerprint density at radius 1 is 1.11 bits per heavy atom. The Morgan fingerprint density at radius 3 is 2.61 bits per heavy atom. The van der Waals surface area contributed by atoms with Gasteiger partial charge in [-0.3, -0.25) is 19.3 Å². The zero-order valence-electron chi connectivity index (χ0n) is 21.5. The zero-order valence-corrected chi connectivity index (χ0v) is 21.5. The van der Waals surface area contributed by atoms with Crippen LogP contribution in [0.25, 0.3) is 0 Å². The molecule has 2 aromatic carbocycles. The Morgan fingerprint density at radius 2 is 1.87 bits per heavy atom. The number of hydrogen-bond acceptors (Lipinski definition) is 7. The molecule has 2 amide bonds. The van der Waals surface area contributed by atoms with Crippen molar-refractivity contribution in [1.82, 2.24) is 9.80 Å². The molecule has 1 saturated heterocycles.